The molecule has 3 nitrogen and oxygen atoms in total. The fraction of sp³-hybridized carbons (Fsp3) is 0.733. The Balaban J connectivity index is 1.98. The van der Waals surface area contributed by atoms with Gasteiger partial charge in [-0.25, -0.2) is 0 Å². The molecule has 1 aromatic heterocycles. The van der Waals surface area contributed by atoms with Crippen LogP contribution in [0.25, 0.3) is 0 Å². The number of hydrogen-bond acceptors (Lipinski definition) is 3. The lowest BCUT2D eigenvalue weighted by Gasteiger charge is -2.17. The monoisotopic (exact) mass is 247 g/mol. The van der Waals surface area contributed by atoms with Crippen LogP contribution in [0.4, 0.5) is 0 Å². The first kappa shape index (κ1) is 13.5. The number of aromatic nitrogens is 2. The van der Waals surface area contributed by atoms with Gasteiger partial charge in [-0.05, 0) is 43.7 Å². The first-order chi connectivity index (χ1) is 8.70. The maximum atomic E-state index is 6.35. The third-order valence-corrected chi connectivity index (χ3v) is 4.12. The summed E-state index contributed by atoms with van der Waals surface area (Å²) in [5.74, 6) is 0.914. The molecule has 0 amide bonds. The molecule has 0 radical (unpaired) electrons. The Morgan fingerprint density at radius 2 is 2.06 bits per heavy atom. The van der Waals surface area contributed by atoms with E-state index < -0.39 is 0 Å². The van der Waals surface area contributed by atoms with Crippen LogP contribution < -0.4 is 5.73 Å². The van der Waals surface area contributed by atoms with Crippen LogP contribution in [0.15, 0.2) is 6.07 Å². The van der Waals surface area contributed by atoms with Crippen LogP contribution >= 0.6 is 0 Å². The summed E-state index contributed by atoms with van der Waals surface area (Å²) in [7, 11) is 0. The molecule has 0 aliphatic heterocycles. The average Bonchev–Trinajstić information content (AvgIpc) is 2.89. The van der Waals surface area contributed by atoms with Crippen LogP contribution in [-0.4, -0.2) is 10.2 Å². The highest BCUT2D eigenvalue weighted by atomic mass is 15.1. The van der Waals surface area contributed by atoms with Crippen molar-refractivity contribution in [2.24, 2.45) is 11.7 Å². The van der Waals surface area contributed by atoms with Crippen molar-refractivity contribution in [3.05, 3.63) is 23.0 Å². The second-order valence-electron chi connectivity index (χ2n) is 5.58. The SMILES string of the molecule is CCc1nnc(C)cc1C(N)CCC1CCCC1. The van der Waals surface area contributed by atoms with Crippen LogP contribution in [0.5, 0.6) is 0 Å². The lowest BCUT2D eigenvalue weighted by atomic mass is 9.94. The van der Waals surface area contributed by atoms with Crippen LogP contribution in [0.1, 0.15) is 68.4 Å². The van der Waals surface area contributed by atoms with E-state index in [1.165, 1.54) is 37.7 Å². The van der Waals surface area contributed by atoms with E-state index in [4.69, 9.17) is 5.73 Å². The Labute approximate surface area is 110 Å². The Bertz CT molecular complexity index is 383. The summed E-state index contributed by atoms with van der Waals surface area (Å²) in [6, 6.07) is 2.25. The van der Waals surface area contributed by atoms with Crippen molar-refractivity contribution in [3.8, 4) is 0 Å². The molecule has 1 heterocycles. The predicted octanol–water partition coefficient (Wildman–Crippen LogP) is 3.32. The van der Waals surface area contributed by atoms with Crippen molar-refractivity contribution < 1.29 is 0 Å². The second-order valence-corrected chi connectivity index (χ2v) is 5.58. The van der Waals surface area contributed by atoms with Gasteiger partial charge >= 0.3 is 0 Å². The highest BCUT2D eigenvalue weighted by molar-refractivity contribution is 5.24. The molecule has 18 heavy (non-hydrogen) atoms. The zero-order valence-electron chi connectivity index (χ0n) is 11.7. The molecule has 1 unspecified atom stereocenters. The van der Waals surface area contributed by atoms with Crippen molar-refractivity contribution in [1.82, 2.24) is 10.2 Å². The maximum Gasteiger partial charge on any atom is 0.0676 e. The van der Waals surface area contributed by atoms with Gasteiger partial charge in [0.15, 0.2) is 0 Å². The molecule has 1 fully saturated rings. The van der Waals surface area contributed by atoms with E-state index in [2.05, 4.69) is 23.2 Å². The standard InChI is InChI=1S/C15H25N3/c1-3-15-13(10-11(2)17-18-15)14(16)9-8-12-6-4-5-7-12/h10,12,14H,3-9,16H2,1-2H3. The van der Waals surface area contributed by atoms with Gasteiger partial charge in [0, 0.05) is 6.04 Å². The topological polar surface area (TPSA) is 51.8 Å². The molecule has 3 heteroatoms. The Kier molecular flexibility index (Phi) is 4.70. The smallest absolute Gasteiger partial charge is 0.0676 e. The number of aryl methyl sites for hydroxylation is 2. The highest BCUT2D eigenvalue weighted by Crippen LogP contribution is 2.31. The fourth-order valence-corrected chi connectivity index (χ4v) is 3.00. The number of nitrogens with zero attached hydrogens (tertiary/aromatic N) is 2. The quantitative estimate of drug-likeness (QED) is 0.868. The molecular weight excluding hydrogens is 222 g/mol. The minimum atomic E-state index is 0.134. The van der Waals surface area contributed by atoms with Crippen LogP contribution in [0.2, 0.25) is 0 Å². The van der Waals surface area contributed by atoms with Gasteiger partial charge in [-0.2, -0.15) is 10.2 Å². The predicted molar refractivity (Wildman–Crippen MR) is 74.3 cm³/mol. The summed E-state index contributed by atoms with van der Waals surface area (Å²) in [5, 5.41) is 8.39. The summed E-state index contributed by atoms with van der Waals surface area (Å²) < 4.78 is 0. The highest BCUT2D eigenvalue weighted by Gasteiger charge is 2.18. The largest absolute Gasteiger partial charge is 0.324 e. The summed E-state index contributed by atoms with van der Waals surface area (Å²) in [4.78, 5) is 0. The van der Waals surface area contributed by atoms with Gasteiger partial charge in [-0.1, -0.05) is 32.6 Å². The summed E-state index contributed by atoms with van der Waals surface area (Å²) in [6.45, 7) is 4.10. The van der Waals surface area contributed by atoms with E-state index in [0.717, 1.165) is 30.1 Å². The fourth-order valence-electron chi connectivity index (χ4n) is 3.00. The van der Waals surface area contributed by atoms with Gasteiger partial charge in [0.2, 0.25) is 0 Å². The summed E-state index contributed by atoms with van der Waals surface area (Å²) in [6.07, 6.45) is 8.91. The van der Waals surface area contributed by atoms with Crippen LogP contribution in [-0.2, 0) is 6.42 Å². The number of rotatable bonds is 5. The maximum absolute atomic E-state index is 6.35. The zero-order chi connectivity index (χ0) is 13.0. The molecule has 1 saturated carbocycles. The van der Waals surface area contributed by atoms with E-state index in [1.54, 1.807) is 0 Å². The number of hydrogen-bond donors (Lipinski definition) is 1. The van der Waals surface area contributed by atoms with Crippen molar-refractivity contribution in [2.45, 2.75) is 64.8 Å². The van der Waals surface area contributed by atoms with E-state index in [9.17, 15) is 0 Å². The molecule has 0 saturated heterocycles. The van der Waals surface area contributed by atoms with Gasteiger partial charge in [-0.15, -0.1) is 0 Å². The minimum absolute atomic E-state index is 0.134. The summed E-state index contributed by atoms with van der Waals surface area (Å²) >= 11 is 0. The normalized spacial score (nSPS) is 18.2. The van der Waals surface area contributed by atoms with Gasteiger partial charge in [-0.3, -0.25) is 0 Å². The molecule has 0 bridgehead atoms. The second kappa shape index (κ2) is 6.28. The van der Waals surface area contributed by atoms with E-state index in [1.807, 2.05) is 6.92 Å². The van der Waals surface area contributed by atoms with E-state index >= 15 is 0 Å². The average molecular weight is 247 g/mol. The molecule has 100 valence electrons. The Morgan fingerprint density at radius 3 is 2.72 bits per heavy atom. The Hall–Kier alpha value is -0.960. The zero-order valence-corrected chi connectivity index (χ0v) is 11.7. The first-order valence-electron chi connectivity index (χ1n) is 7.29. The van der Waals surface area contributed by atoms with Crippen molar-refractivity contribution in [1.29, 1.82) is 0 Å². The third-order valence-electron chi connectivity index (χ3n) is 4.12. The van der Waals surface area contributed by atoms with Crippen LogP contribution in [0, 0.1) is 12.8 Å². The first-order valence-corrected chi connectivity index (χ1v) is 7.29. The molecule has 2 N–H and O–H groups in total. The van der Waals surface area contributed by atoms with Crippen molar-refractivity contribution >= 4 is 0 Å². The summed E-state index contributed by atoms with van der Waals surface area (Å²) in [5.41, 5.74) is 9.60. The molecule has 2 rings (SSSR count). The number of nitrogens with two attached hydrogens (primary N) is 1. The molecular formula is C15H25N3. The van der Waals surface area contributed by atoms with Crippen molar-refractivity contribution in [2.75, 3.05) is 0 Å². The molecule has 1 aliphatic rings. The van der Waals surface area contributed by atoms with Gasteiger partial charge in [0.25, 0.3) is 0 Å². The Morgan fingerprint density at radius 1 is 1.33 bits per heavy atom. The third kappa shape index (κ3) is 3.29. The lowest BCUT2D eigenvalue weighted by molar-refractivity contribution is 0.452. The molecule has 0 spiro atoms. The van der Waals surface area contributed by atoms with E-state index in [-0.39, 0.29) is 6.04 Å². The van der Waals surface area contributed by atoms with E-state index in [0.29, 0.717) is 0 Å². The van der Waals surface area contributed by atoms with Gasteiger partial charge in [0.1, 0.15) is 0 Å². The van der Waals surface area contributed by atoms with Gasteiger partial charge in [0.05, 0.1) is 11.4 Å². The molecule has 1 aromatic rings. The molecule has 1 atom stereocenters. The van der Waals surface area contributed by atoms with Gasteiger partial charge < -0.3 is 5.73 Å². The molecule has 1 aliphatic carbocycles. The molecule has 0 aromatic carbocycles. The van der Waals surface area contributed by atoms with Crippen molar-refractivity contribution in [3.63, 3.8) is 0 Å². The van der Waals surface area contributed by atoms with Crippen LogP contribution in [0.3, 0.4) is 0 Å². The lowest BCUT2D eigenvalue weighted by Crippen LogP contribution is -2.15. The minimum Gasteiger partial charge on any atom is -0.324 e.